The van der Waals surface area contributed by atoms with Crippen LogP contribution >= 0.6 is 0 Å². The standard InChI is InChI=1S/C15H16N2O3/c1-20-9-11-7-8-17(11)15(19)12-4-2-3-10-5-6-13(18)16-14(10)12/h2-6,11H,7-9H2,1H3,(H,16,18). The van der Waals surface area contributed by atoms with Gasteiger partial charge in [-0.3, -0.25) is 9.59 Å². The largest absolute Gasteiger partial charge is 0.383 e. The number of fused-ring (bicyclic) bond motifs is 1. The van der Waals surface area contributed by atoms with Crippen LogP contribution in [0.4, 0.5) is 0 Å². The molecule has 0 radical (unpaired) electrons. The lowest BCUT2D eigenvalue weighted by molar-refractivity contribution is 0.0203. The summed E-state index contributed by atoms with van der Waals surface area (Å²) in [5.74, 6) is -0.0502. The normalized spacial score (nSPS) is 18.1. The fourth-order valence-corrected chi connectivity index (χ4v) is 2.59. The van der Waals surface area contributed by atoms with Crippen molar-refractivity contribution >= 4 is 16.8 Å². The fourth-order valence-electron chi connectivity index (χ4n) is 2.59. The third-order valence-corrected chi connectivity index (χ3v) is 3.75. The zero-order valence-electron chi connectivity index (χ0n) is 11.3. The summed E-state index contributed by atoms with van der Waals surface area (Å²) in [6.45, 7) is 1.29. The molecule has 1 aliphatic heterocycles. The number of nitrogens with one attached hydrogen (secondary N) is 1. The predicted molar refractivity (Wildman–Crippen MR) is 75.9 cm³/mol. The number of likely N-dealkylation sites (tertiary alicyclic amines) is 1. The number of hydrogen-bond donors (Lipinski definition) is 1. The highest BCUT2D eigenvalue weighted by Gasteiger charge is 2.33. The Balaban J connectivity index is 1.99. The van der Waals surface area contributed by atoms with Crippen LogP contribution in [0.5, 0.6) is 0 Å². The molecule has 3 rings (SSSR count). The highest BCUT2D eigenvalue weighted by atomic mass is 16.5. The number of hydrogen-bond acceptors (Lipinski definition) is 3. The van der Waals surface area contributed by atoms with Gasteiger partial charge >= 0.3 is 0 Å². The van der Waals surface area contributed by atoms with Crippen molar-refractivity contribution < 1.29 is 9.53 Å². The molecule has 1 aromatic carbocycles. The van der Waals surface area contributed by atoms with Crippen LogP contribution in [-0.4, -0.2) is 42.1 Å². The predicted octanol–water partition coefficient (Wildman–Crippen LogP) is 1.39. The van der Waals surface area contributed by atoms with Crippen molar-refractivity contribution in [1.82, 2.24) is 9.88 Å². The summed E-state index contributed by atoms with van der Waals surface area (Å²) >= 11 is 0. The van der Waals surface area contributed by atoms with E-state index in [1.807, 2.05) is 12.1 Å². The Morgan fingerprint density at radius 1 is 1.40 bits per heavy atom. The fraction of sp³-hybridized carbons (Fsp3) is 0.333. The first kappa shape index (κ1) is 12.9. The summed E-state index contributed by atoms with van der Waals surface area (Å²) in [5, 5.41) is 0.860. The lowest BCUT2D eigenvalue weighted by atomic mass is 10.0. The van der Waals surface area contributed by atoms with Gasteiger partial charge in [-0.05, 0) is 23.9 Å². The number of aromatic amines is 1. The van der Waals surface area contributed by atoms with Gasteiger partial charge in [-0.1, -0.05) is 12.1 Å². The molecule has 1 amide bonds. The van der Waals surface area contributed by atoms with Crippen LogP contribution < -0.4 is 5.56 Å². The number of carbonyl (C=O) groups excluding carboxylic acids is 1. The number of carbonyl (C=O) groups is 1. The lowest BCUT2D eigenvalue weighted by Crippen LogP contribution is -2.53. The molecule has 1 aliphatic rings. The molecule has 2 heterocycles. The van der Waals surface area contributed by atoms with Crippen molar-refractivity contribution in [3.8, 4) is 0 Å². The van der Waals surface area contributed by atoms with Gasteiger partial charge in [-0.2, -0.15) is 0 Å². The molecule has 1 atom stereocenters. The van der Waals surface area contributed by atoms with E-state index in [2.05, 4.69) is 4.98 Å². The van der Waals surface area contributed by atoms with Gasteiger partial charge in [0.1, 0.15) is 0 Å². The second kappa shape index (κ2) is 5.09. The minimum atomic E-state index is -0.199. The maximum absolute atomic E-state index is 12.6. The second-order valence-electron chi connectivity index (χ2n) is 4.99. The van der Waals surface area contributed by atoms with Gasteiger partial charge in [0, 0.05) is 19.7 Å². The van der Waals surface area contributed by atoms with Gasteiger partial charge in [-0.25, -0.2) is 0 Å². The van der Waals surface area contributed by atoms with Crippen LogP contribution in [0.15, 0.2) is 35.1 Å². The number of rotatable bonds is 3. The van der Waals surface area contributed by atoms with Crippen molar-refractivity contribution in [2.45, 2.75) is 12.5 Å². The van der Waals surface area contributed by atoms with E-state index < -0.39 is 0 Å². The lowest BCUT2D eigenvalue weighted by Gasteiger charge is -2.40. The first-order valence-corrected chi connectivity index (χ1v) is 6.62. The Bertz CT molecular complexity index is 708. The summed E-state index contributed by atoms with van der Waals surface area (Å²) in [7, 11) is 1.64. The SMILES string of the molecule is COCC1CCN1C(=O)c1cccc2ccc(=O)[nH]c12. The summed E-state index contributed by atoms with van der Waals surface area (Å²) in [6, 6.07) is 8.80. The smallest absolute Gasteiger partial charge is 0.256 e. The number of pyridine rings is 1. The van der Waals surface area contributed by atoms with E-state index in [1.54, 1.807) is 24.1 Å². The molecule has 0 spiro atoms. The Hall–Kier alpha value is -2.14. The highest BCUT2D eigenvalue weighted by Crippen LogP contribution is 2.23. The molecule has 1 saturated heterocycles. The van der Waals surface area contributed by atoms with Crippen molar-refractivity contribution in [3.05, 3.63) is 46.2 Å². The maximum Gasteiger partial charge on any atom is 0.256 e. The molecule has 1 fully saturated rings. The molecular formula is C15H16N2O3. The van der Waals surface area contributed by atoms with Crippen molar-refractivity contribution in [3.63, 3.8) is 0 Å². The molecule has 5 nitrogen and oxygen atoms in total. The molecule has 5 heteroatoms. The van der Waals surface area contributed by atoms with E-state index in [0.29, 0.717) is 17.7 Å². The van der Waals surface area contributed by atoms with Crippen LogP contribution in [0.1, 0.15) is 16.8 Å². The molecule has 0 bridgehead atoms. The maximum atomic E-state index is 12.6. The topological polar surface area (TPSA) is 62.4 Å². The Morgan fingerprint density at radius 3 is 2.95 bits per heavy atom. The number of para-hydroxylation sites is 1. The third kappa shape index (κ3) is 2.10. The van der Waals surface area contributed by atoms with Crippen molar-refractivity contribution in [1.29, 1.82) is 0 Å². The zero-order valence-corrected chi connectivity index (χ0v) is 11.3. The number of H-pyrrole nitrogens is 1. The average Bonchev–Trinajstić information content (AvgIpc) is 2.42. The van der Waals surface area contributed by atoms with Gasteiger partial charge in [0.05, 0.1) is 23.7 Å². The Kier molecular flexibility index (Phi) is 3.28. The number of methoxy groups -OCH3 is 1. The van der Waals surface area contributed by atoms with E-state index in [9.17, 15) is 9.59 Å². The van der Waals surface area contributed by atoms with E-state index in [0.717, 1.165) is 18.4 Å². The van der Waals surface area contributed by atoms with Gasteiger partial charge in [0.15, 0.2) is 0 Å². The van der Waals surface area contributed by atoms with Gasteiger partial charge in [0.25, 0.3) is 5.91 Å². The van der Waals surface area contributed by atoms with E-state index >= 15 is 0 Å². The second-order valence-corrected chi connectivity index (χ2v) is 4.99. The zero-order chi connectivity index (χ0) is 14.1. The first-order chi connectivity index (χ1) is 9.70. The molecule has 1 N–H and O–H groups in total. The minimum Gasteiger partial charge on any atom is -0.383 e. The van der Waals surface area contributed by atoms with Crippen molar-refractivity contribution in [2.24, 2.45) is 0 Å². The summed E-state index contributed by atoms with van der Waals surface area (Å²) in [5.41, 5.74) is 0.948. The van der Waals surface area contributed by atoms with Gasteiger partial charge in [-0.15, -0.1) is 0 Å². The third-order valence-electron chi connectivity index (χ3n) is 3.75. The molecule has 20 heavy (non-hydrogen) atoms. The van der Waals surface area contributed by atoms with Crippen LogP contribution in [0.2, 0.25) is 0 Å². The quantitative estimate of drug-likeness (QED) is 0.918. The molecule has 1 aromatic heterocycles. The summed E-state index contributed by atoms with van der Waals surface area (Å²) in [6.07, 6.45) is 0.959. The van der Waals surface area contributed by atoms with Crippen molar-refractivity contribution in [2.75, 3.05) is 20.3 Å². The molecule has 0 saturated carbocycles. The van der Waals surface area contributed by atoms with E-state index in [-0.39, 0.29) is 17.5 Å². The van der Waals surface area contributed by atoms with E-state index in [1.165, 1.54) is 6.07 Å². The highest BCUT2D eigenvalue weighted by molar-refractivity contribution is 6.05. The summed E-state index contributed by atoms with van der Waals surface area (Å²) in [4.78, 5) is 28.6. The Labute approximate surface area is 116 Å². The van der Waals surface area contributed by atoms with Crippen LogP contribution in [0.3, 0.4) is 0 Å². The van der Waals surface area contributed by atoms with Gasteiger partial charge < -0.3 is 14.6 Å². The number of nitrogens with zero attached hydrogens (tertiary/aromatic N) is 1. The number of ether oxygens (including phenoxy) is 1. The number of benzene rings is 1. The number of aromatic nitrogens is 1. The molecule has 1 unspecified atom stereocenters. The average molecular weight is 272 g/mol. The van der Waals surface area contributed by atoms with Crippen LogP contribution in [0, 0.1) is 0 Å². The Morgan fingerprint density at radius 2 is 2.25 bits per heavy atom. The molecule has 104 valence electrons. The summed E-state index contributed by atoms with van der Waals surface area (Å²) < 4.78 is 5.12. The minimum absolute atomic E-state index is 0.0502. The molecule has 2 aromatic rings. The number of amides is 1. The van der Waals surface area contributed by atoms with Crippen LogP contribution in [-0.2, 0) is 4.74 Å². The monoisotopic (exact) mass is 272 g/mol. The van der Waals surface area contributed by atoms with Gasteiger partial charge in [0.2, 0.25) is 5.56 Å². The first-order valence-electron chi connectivity index (χ1n) is 6.62. The molecule has 0 aliphatic carbocycles. The molecular weight excluding hydrogens is 256 g/mol. The van der Waals surface area contributed by atoms with E-state index in [4.69, 9.17) is 4.74 Å². The van der Waals surface area contributed by atoms with Crippen LogP contribution in [0.25, 0.3) is 10.9 Å².